The Morgan fingerprint density at radius 2 is 1.29 bits per heavy atom. The SMILES string of the molecule is CC1(C)c2ccccc2-c2c1c1c(c3ccccc3n1-c1cccc(-c3nc(-c4ccccc4)c4ccccc4n3)c1)c1c2sc2ccccc21. The third kappa shape index (κ3) is 3.94. The van der Waals surface area contributed by atoms with Gasteiger partial charge < -0.3 is 4.57 Å². The summed E-state index contributed by atoms with van der Waals surface area (Å²) in [6, 6.07) is 54.5. The van der Waals surface area contributed by atoms with Gasteiger partial charge in [-0.2, -0.15) is 0 Å². The van der Waals surface area contributed by atoms with E-state index in [2.05, 4.69) is 164 Å². The summed E-state index contributed by atoms with van der Waals surface area (Å²) >= 11 is 1.93. The average Bonchev–Trinajstić information content (AvgIpc) is 3.80. The lowest BCUT2D eigenvalue weighted by Gasteiger charge is -2.24. The number of rotatable bonds is 3. The predicted molar refractivity (Wildman–Crippen MR) is 215 cm³/mol. The zero-order valence-electron chi connectivity index (χ0n) is 28.2. The molecule has 0 amide bonds. The van der Waals surface area contributed by atoms with Crippen LogP contribution >= 0.6 is 11.3 Å². The Labute approximate surface area is 299 Å². The van der Waals surface area contributed by atoms with Crippen molar-refractivity contribution >= 4 is 64.2 Å². The van der Waals surface area contributed by atoms with Crippen LogP contribution in [0.15, 0.2) is 152 Å². The molecule has 3 nitrogen and oxygen atoms in total. The van der Waals surface area contributed by atoms with Crippen LogP contribution in [0.25, 0.3) is 92.3 Å². The maximum absolute atomic E-state index is 5.25. The van der Waals surface area contributed by atoms with Crippen molar-refractivity contribution in [2.75, 3.05) is 0 Å². The number of nitrogens with zero attached hydrogens (tertiary/aromatic N) is 3. The summed E-state index contributed by atoms with van der Waals surface area (Å²) in [5.41, 5.74) is 12.8. The van der Waals surface area contributed by atoms with Gasteiger partial charge in [-0.15, -0.1) is 11.3 Å². The number of benzene rings is 7. The van der Waals surface area contributed by atoms with Crippen LogP contribution in [0.5, 0.6) is 0 Å². The summed E-state index contributed by atoms with van der Waals surface area (Å²) in [6.07, 6.45) is 0. The third-order valence-electron chi connectivity index (χ3n) is 10.9. The van der Waals surface area contributed by atoms with E-state index in [1.54, 1.807) is 0 Å². The Hall–Kier alpha value is -6.10. The second-order valence-corrected chi connectivity index (χ2v) is 15.2. The quantitative estimate of drug-likeness (QED) is 0.187. The van der Waals surface area contributed by atoms with E-state index < -0.39 is 0 Å². The van der Waals surface area contributed by atoms with Crippen molar-refractivity contribution in [3.05, 3.63) is 163 Å². The molecule has 3 heterocycles. The van der Waals surface area contributed by atoms with Gasteiger partial charge in [0.25, 0.3) is 0 Å². The van der Waals surface area contributed by atoms with Crippen LogP contribution < -0.4 is 0 Å². The van der Waals surface area contributed by atoms with Crippen molar-refractivity contribution in [1.82, 2.24) is 14.5 Å². The first-order chi connectivity index (χ1) is 25.1. The van der Waals surface area contributed by atoms with E-state index in [-0.39, 0.29) is 5.41 Å². The van der Waals surface area contributed by atoms with Gasteiger partial charge in [-0.05, 0) is 47.0 Å². The molecule has 0 saturated heterocycles. The summed E-state index contributed by atoms with van der Waals surface area (Å²) < 4.78 is 5.23. The van der Waals surface area contributed by atoms with Crippen molar-refractivity contribution in [2.24, 2.45) is 0 Å². The fourth-order valence-electron chi connectivity index (χ4n) is 8.75. The van der Waals surface area contributed by atoms with Crippen molar-refractivity contribution in [3.63, 3.8) is 0 Å². The summed E-state index contributed by atoms with van der Waals surface area (Å²) in [5.74, 6) is 0.722. The third-order valence-corrected chi connectivity index (χ3v) is 12.1. The molecule has 10 aromatic rings. The van der Waals surface area contributed by atoms with Gasteiger partial charge in [0.1, 0.15) is 0 Å². The molecule has 51 heavy (non-hydrogen) atoms. The molecule has 0 fully saturated rings. The zero-order valence-corrected chi connectivity index (χ0v) is 29.0. The maximum Gasteiger partial charge on any atom is 0.160 e. The minimum absolute atomic E-state index is 0.204. The van der Waals surface area contributed by atoms with Gasteiger partial charge in [-0.25, -0.2) is 9.97 Å². The molecule has 11 rings (SSSR count). The molecule has 7 aromatic carbocycles. The molecule has 0 aliphatic heterocycles. The van der Waals surface area contributed by atoms with E-state index in [1.807, 2.05) is 17.4 Å². The molecule has 0 radical (unpaired) electrons. The lowest BCUT2D eigenvalue weighted by Crippen LogP contribution is -2.16. The van der Waals surface area contributed by atoms with Gasteiger partial charge in [-0.3, -0.25) is 0 Å². The average molecular weight is 670 g/mol. The largest absolute Gasteiger partial charge is 0.309 e. The normalized spacial score (nSPS) is 13.5. The molecule has 0 bridgehead atoms. The van der Waals surface area contributed by atoms with E-state index in [0.717, 1.165) is 39.2 Å². The monoisotopic (exact) mass is 669 g/mol. The number of hydrogen-bond donors (Lipinski definition) is 0. The van der Waals surface area contributed by atoms with Crippen LogP contribution in [-0.2, 0) is 5.41 Å². The van der Waals surface area contributed by atoms with Crippen molar-refractivity contribution in [1.29, 1.82) is 0 Å². The highest BCUT2D eigenvalue weighted by Gasteiger charge is 2.41. The Bertz CT molecular complexity index is 3060. The molecule has 0 atom stereocenters. The Balaban J connectivity index is 1.26. The summed E-state index contributed by atoms with van der Waals surface area (Å²) in [7, 11) is 0. The first-order valence-corrected chi connectivity index (χ1v) is 18.3. The van der Waals surface area contributed by atoms with Gasteiger partial charge >= 0.3 is 0 Å². The lowest BCUT2D eigenvalue weighted by atomic mass is 9.81. The Morgan fingerprint density at radius 1 is 0.588 bits per heavy atom. The number of para-hydroxylation sites is 2. The molecule has 4 heteroatoms. The maximum atomic E-state index is 5.25. The predicted octanol–water partition coefficient (Wildman–Crippen LogP) is 12.7. The van der Waals surface area contributed by atoms with Crippen molar-refractivity contribution in [3.8, 4) is 39.5 Å². The second kappa shape index (κ2) is 10.5. The van der Waals surface area contributed by atoms with Crippen LogP contribution in [0.3, 0.4) is 0 Å². The van der Waals surface area contributed by atoms with Crippen LogP contribution in [-0.4, -0.2) is 14.5 Å². The van der Waals surface area contributed by atoms with E-state index in [0.29, 0.717) is 0 Å². The molecular weight excluding hydrogens is 639 g/mol. The van der Waals surface area contributed by atoms with Gasteiger partial charge in [0, 0.05) is 64.1 Å². The summed E-state index contributed by atoms with van der Waals surface area (Å²) in [4.78, 5) is 10.4. The lowest BCUT2D eigenvalue weighted by molar-refractivity contribution is 0.664. The number of hydrogen-bond acceptors (Lipinski definition) is 3. The summed E-state index contributed by atoms with van der Waals surface area (Å²) in [5, 5.41) is 6.33. The fraction of sp³-hybridized carbons (Fsp3) is 0.0638. The van der Waals surface area contributed by atoms with Crippen molar-refractivity contribution < 1.29 is 0 Å². The van der Waals surface area contributed by atoms with Gasteiger partial charge in [0.2, 0.25) is 0 Å². The number of thiophene rings is 1. The second-order valence-electron chi connectivity index (χ2n) is 14.1. The molecule has 0 unspecified atom stereocenters. The van der Waals surface area contributed by atoms with E-state index >= 15 is 0 Å². The van der Waals surface area contributed by atoms with Crippen LogP contribution in [0.1, 0.15) is 25.0 Å². The van der Waals surface area contributed by atoms with Crippen molar-refractivity contribution in [2.45, 2.75) is 19.3 Å². The highest BCUT2D eigenvalue weighted by Crippen LogP contribution is 2.58. The molecule has 1 aliphatic carbocycles. The zero-order chi connectivity index (χ0) is 33.8. The number of aromatic nitrogens is 3. The highest BCUT2D eigenvalue weighted by atomic mass is 32.1. The molecule has 0 N–H and O–H groups in total. The molecule has 240 valence electrons. The molecule has 3 aromatic heterocycles. The van der Waals surface area contributed by atoms with Crippen LogP contribution in [0.4, 0.5) is 0 Å². The standard InChI is InChI=1S/C47H31N3S/c1-47(2)35-23-10-6-19-31(35)41-42(47)44-39(40-34-22-9-13-26-38(34)51-45(40)41)33-21-8-12-25-37(33)50(44)30-18-14-17-29(27-30)46-48-36-24-11-7-20-32(36)43(49-46)28-15-4-3-5-16-28/h3-27H,1-2H3. The van der Waals surface area contributed by atoms with E-state index in [1.165, 1.54) is 64.2 Å². The van der Waals surface area contributed by atoms with E-state index in [9.17, 15) is 0 Å². The fourth-order valence-corrected chi connectivity index (χ4v) is 10.0. The van der Waals surface area contributed by atoms with Crippen LogP contribution in [0, 0.1) is 0 Å². The first-order valence-electron chi connectivity index (χ1n) is 17.5. The molecule has 0 saturated carbocycles. The topological polar surface area (TPSA) is 30.7 Å². The van der Waals surface area contributed by atoms with Crippen LogP contribution in [0.2, 0.25) is 0 Å². The molecule has 1 aliphatic rings. The van der Waals surface area contributed by atoms with E-state index in [4.69, 9.17) is 9.97 Å². The summed E-state index contributed by atoms with van der Waals surface area (Å²) in [6.45, 7) is 4.81. The Kier molecular flexibility index (Phi) is 5.89. The number of fused-ring (bicyclic) bond motifs is 13. The Morgan fingerprint density at radius 3 is 2.18 bits per heavy atom. The first kappa shape index (κ1) is 28.7. The van der Waals surface area contributed by atoms with Gasteiger partial charge in [0.05, 0.1) is 22.2 Å². The van der Waals surface area contributed by atoms with Gasteiger partial charge in [0.15, 0.2) is 5.82 Å². The minimum atomic E-state index is -0.204. The molecule has 0 spiro atoms. The van der Waals surface area contributed by atoms with Gasteiger partial charge in [-0.1, -0.05) is 135 Å². The molecular formula is C47H31N3S. The minimum Gasteiger partial charge on any atom is -0.309 e. The smallest absolute Gasteiger partial charge is 0.160 e. The highest BCUT2D eigenvalue weighted by molar-refractivity contribution is 7.26.